The minimum absolute atomic E-state index is 0.277. The Morgan fingerprint density at radius 1 is 1.05 bits per heavy atom. The van der Waals surface area contributed by atoms with E-state index in [0.29, 0.717) is 13.1 Å². The third-order valence-electron chi connectivity index (χ3n) is 3.27. The summed E-state index contributed by atoms with van der Waals surface area (Å²) in [6, 6.07) is 18.1. The number of hydrogen-bond acceptors (Lipinski definition) is 3. The van der Waals surface area contributed by atoms with Crippen molar-refractivity contribution >= 4 is 5.91 Å². The molecule has 0 fully saturated rings. The van der Waals surface area contributed by atoms with Crippen molar-refractivity contribution in [3.63, 3.8) is 0 Å². The lowest BCUT2D eigenvalue weighted by molar-refractivity contribution is -0.129. The van der Waals surface area contributed by atoms with Gasteiger partial charge in [-0.15, -0.1) is 0 Å². The average molecular weight is 284 g/mol. The molecule has 21 heavy (non-hydrogen) atoms. The maximum Gasteiger partial charge on any atom is 0.249 e. The summed E-state index contributed by atoms with van der Waals surface area (Å²) in [7, 11) is 0. The Balaban J connectivity index is 1.93. The van der Waals surface area contributed by atoms with Gasteiger partial charge in [-0.05, 0) is 29.7 Å². The smallest absolute Gasteiger partial charge is 0.249 e. The van der Waals surface area contributed by atoms with Gasteiger partial charge in [0.15, 0.2) is 0 Å². The molecule has 0 radical (unpaired) electrons. The number of rotatable bonds is 6. The van der Waals surface area contributed by atoms with E-state index in [1.54, 1.807) is 0 Å². The van der Waals surface area contributed by atoms with Crippen molar-refractivity contribution in [2.24, 2.45) is 5.73 Å². The van der Waals surface area contributed by atoms with Crippen LogP contribution in [0.2, 0.25) is 0 Å². The summed E-state index contributed by atoms with van der Waals surface area (Å²) in [6.07, 6.45) is -0.753. The van der Waals surface area contributed by atoms with Gasteiger partial charge >= 0.3 is 0 Å². The molecule has 0 aliphatic rings. The van der Waals surface area contributed by atoms with Gasteiger partial charge in [0.25, 0.3) is 0 Å². The van der Waals surface area contributed by atoms with Gasteiger partial charge in [0.1, 0.15) is 6.10 Å². The van der Waals surface area contributed by atoms with Crippen LogP contribution in [0.15, 0.2) is 54.6 Å². The summed E-state index contributed by atoms with van der Waals surface area (Å²) in [6.45, 7) is 0.690. The van der Waals surface area contributed by atoms with E-state index >= 15 is 0 Å². The molecule has 4 nitrogen and oxygen atoms in total. The second-order valence-corrected chi connectivity index (χ2v) is 4.87. The molecule has 0 heterocycles. The van der Waals surface area contributed by atoms with Crippen molar-refractivity contribution in [3.05, 3.63) is 60.2 Å². The summed E-state index contributed by atoms with van der Waals surface area (Å²) in [5.41, 5.74) is 8.59. The Morgan fingerprint density at radius 2 is 1.67 bits per heavy atom. The molecule has 0 saturated carbocycles. The zero-order valence-electron chi connectivity index (χ0n) is 11.8. The number of hydrogen-bond donors (Lipinski definition) is 3. The Morgan fingerprint density at radius 3 is 2.29 bits per heavy atom. The van der Waals surface area contributed by atoms with Crippen LogP contribution in [-0.2, 0) is 11.3 Å². The molecule has 4 heteroatoms. The lowest BCUT2D eigenvalue weighted by atomic mass is 10.0. The van der Waals surface area contributed by atoms with Crippen LogP contribution in [0.3, 0.4) is 0 Å². The largest absolute Gasteiger partial charge is 0.383 e. The Kier molecular flexibility index (Phi) is 5.49. The van der Waals surface area contributed by atoms with Crippen molar-refractivity contribution in [1.82, 2.24) is 5.32 Å². The van der Waals surface area contributed by atoms with Crippen molar-refractivity contribution < 1.29 is 9.90 Å². The highest BCUT2D eigenvalue weighted by Gasteiger charge is 2.12. The maximum absolute atomic E-state index is 11.6. The molecule has 0 aliphatic heterocycles. The maximum atomic E-state index is 11.6. The molecule has 110 valence electrons. The third-order valence-corrected chi connectivity index (χ3v) is 3.27. The monoisotopic (exact) mass is 284 g/mol. The van der Waals surface area contributed by atoms with Crippen LogP contribution in [0.5, 0.6) is 0 Å². The first kappa shape index (κ1) is 15.2. The van der Waals surface area contributed by atoms with Crippen molar-refractivity contribution in [1.29, 1.82) is 0 Å². The highest BCUT2D eigenvalue weighted by atomic mass is 16.3. The molecule has 0 saturated heterocycles. The topological polar surface area (TPSA) is 75.3 Å². The summed E-state index contributed by atoms with van der Waals surface area (Å²) < 4.78 is 0. The molecule has 0 aromatic heterocycles. The quantitative estimate of drug-likeness (QED) is 0.755. The fourth-order valence-corrected chi connectivity index (χ4v) is 2.04. The molecule has 0 spiro atoms. The van der Waals surface area contributed by atoms with Gasteiger partial charge in [-0.2, -0.15) is 0 Å². The van der Waals surface area contributed by atoms with E-state index in [1.165, 1.54) is 0 Å². The van der Waals surface area contributed by atoms with Crippen LogP contribution in [0, 0.1) is 0 Å². The van der Waals surface area contributed by atoms with Crippen LogP contribution >= 0.6 is 0 Å². The van der Waals surface area contributed by atoms with Gasteiger partial charge in [-0.25, -0.2) is 0 Å². The van der Waals surface area contributed by atoms with Gasteiger partial charge in [0.2, 0.25) is 5.91 Å². The molecule has 1 unspecified atom stereocenters. The average Bonchev–Trinajstić information content (AvgIpc) is 2.54. The molecule has 0 bridgehead atoms. The highest BCUT2D eigenvalue weighted by Crippen LogP contribution is 2.19. The molecule has 0 aliphatic carbocycles. The third kappa shape index (κ3) is 4.41. The zero-order chi connectivity index (χ0) is 15.1. The van der Waals surface area contributed by atoms with Crippen LogP contribution in [0.4, 0.5) is 0 Å². The molecule has 1 atom stereocenters. The van der Waals surface area contributed by atoms with Crippen molar-refractivity contribution in [3.8, 4) is 11.1 Å². The number of nitrogens with two attached hydrogens (primary N) is 1. The minimum Gasteiger partial charge on any atom is -0.383 e. The van der Waals surface area contributed by atoms with E-state index in [4.69, 9.17) is 5.73 Å². The van der Waals surface area contributed by atoms with E-state index in [-0.39, 0.29) is 12.3 Å². The number of carbonyl (C=O) groups excluding carboxylic acids is 1. The van der Waals surface area contributed by atoms with Gasteiger partial charge in [0, 0.05) is 6.54 Å². The summed E-state index contributed by atoms with van der Waals surface area (Å²) in [4.78, 5) is 11.6. The van der Waals surface area contributed by atoms with E-state index in [9.17, 15) is 9.90 Å². The first-order chi connectivity index (χ1) is 10.2. The van der Waals surface area contributed by atoms with E-state index in [0.717, 1.165) is 16.7 Å². The SMILES string of the molecule is NCCC(O)C(=O)NCc1ccc(-c2ccccc2)cc1. The van der Waals surface area contributed by atoms with Gasteiger partial charge in [-0.3, -0.25) is 4.79 Å². The fraction of sp³-hybridized carbons (Fsp3) is 0.235. The number of nitrogens with one attached hydrogen (secondary N) is 1. The van der Waals surface area contributed by atoms with Crippen LogP contribution < -0.4 is 11.1 Å². The fourth-order valence-electron chi connectivity index (χ4n) is 2.04. The standard InChI is InChI=1S/C17H20N2O2/c18-11-10-16(20)17(21)19-12-13-6-8-15(9-7-13)14-4-2-1-3-5-14/h1-9,16,20H,10-12,18H2,(H,19,21). The lowest BCUT2D eigenvalue weighted by Crippen LogP contribution is -2.35. The molecular weight excluding hydrogens is 264 g/mol. The highest BCUT2D eigenvalue weighted by molar-refractivity contribution is 5.80. The first-order valence-electron chi connectivity index (χ1n) is 7.01. The van der Waals surface area contributed by atoms with Crippen LogP contribution in [0.25, 0.3) is 11.1 Å². The molecule has 2 aromatic rings. The second-order valence-electron chi connectivity index (χ2n) is 4.87. The molecular formula is C17H20N2O2. The number of amides is 1. The number of benzene rings is 2. The molecule has 2 aromatic carbocycles. The Labute approximate surface area is 124 Å². The molecule has 1 amide bonds. The van der Waals surface area contributed by atoms with Crippen LogP contribution in [-0.4, -0.2) is 23.7 Å². The number of aliphatic hydroxyl groups is 1. The summed E-state index contributed by atoms with van der Waals surface area (Å²) >= 11 is 0. The zero-order valence-corrected chi connectivity index (χ0v) is 11.8. The predicted molar refractivity (Wildman–Crippen MR) is 83.4 cm³/mol. The van der Waals surface area contributed by atoms with E-state index in [2.05, 4.69) is 17.4 Å². The first-order valence-corrected chi connectivity index (χ1v) is 7.01. The minimum atomic E-state index is -1.03. The second kappa shape index (κ2) is 7.57. The Bertz CT molecular complexity index is 567. The normalized spacial score (nSPS) is 11.9. The van der Waals surface area contributed by atoms with Crippen LogP contribution in [0.1, 0.15) is 12.0 Å². The Hall–Kier alpha value is -2.17. The van der Waals surface area contributed by atoms with Gasteiger partial charge < -0.3 is 16.2 Å². The lowest BCUT2D eigenvalue weighted by Gasteiger charge is -2.10. The molecule has 2 rings (SSSR count). The van der Waals surface area contributed by atoms with Crippen molar-refractivity contribution in [2.45, 2.75) is 19.1 Å². The van der Waals surface area contributed by atoms with Crippen molar-refractivity contribution in [2.75, 3.05) is 6.54 Å². The summed E-state index contributed by atoms with van der Waals surface area (Å²) in [5, 5.41) is 12.2. The van der Waals surface area contributed by atoms with Gasteiger partial charge in [-0.1, -0.05) is 54.6 Å². The summed E-state index contributed by atoms with van der Waals surface area (Å²) in [5.74, 6) is -0.382. The molecule has 4 N–H and O–H groups in total. The predicted octanol–water partition coefficient (Wildman–Crippen LogP) is 1.68. The number of carbonyl (C=O) groups is 1. The van der Waals surface area contributed by atoms with E-state index < -0.39 is 6.10 Å². The van der Waals surface area contributed by atoms with E-state index in [1.807, 2.05) is 42.5 Å². The number of aliphatic hydroxyl groups excluding tert-OH is 1. The van der Waals surface area contributed by atoms with Gasteiger partial charge in [0.05, 0.1) is 0 Å².